The van der Waals surface area contributed by atoms with Crippen LogP contribution >= 0.6 is 24.0 Å². The molecule has 29 heavy (non-hydrogen) atoms. The zero-order valence-corrected chi connectivity index (χ0v) is 21.0. The highest BCUT2D eigenvalue weighted by molar-refractivity contribution is 14.0. The molecule has 0 aliphatic carbocycles. The zero-order chi connectivity index (χ0) is 20.2. The van der Waals surface area contributed by atoms with Gasteiger partial charge in [0.2, 0.25) is 0 Å². The van der Waals surface area contributed by atoms with Crippen molar-refractivity contribution in [2.75, 3.05) is 64.6 Å². The number of hydrogen-bond donors (Lipinski definition) is 1. The Morgan fingerprint density at radius 3 is 2.59 bits per heavy atom. The highest BCUT2D eigenvalue weighted by Crippen LogP contribution is 2.18. The molecule has 2 fully saturated rings. The molecule has 10 heteroatoms. The maximum atomic E-state index is 11.1. The standard InChI is InChI=1S/C19H37N3O5S.HI/c1-3-20-19(21-9-13-25-14-15-28(2,23)24)22-10-7-17(8-11-22)27-16-18-6-4-5-12-26-18;/h17-18H,3-16H2,1-2H3,(H,20,21);1H. The van der Waals surface area contributed by atoms with E-state index in [4.69, 9.17) is 14.2 Å². The van der Waals surface area contributed by atoms with E-state index in [-0.39, 0.29) is 42.4 Å². The van der Waals surface area contributed by atoms with Gasteiger partial charge in [0.05, 0.1) is 44.3 Å². The van der Waals surface area contributed by atoms with Crippen molar-refractivity contribution in [1.82, 2.24) is 10.2 Å². The number of halogens is 1. The Morgan fingerprint density at radius 1 is 1.21 bits per heavy atom. The molecule has 0 aromatic heterocycles. The van der Waals surface area contributed by atoms with E-state index >= 15 is 0 Å². The summed E-state index contributed by atoms with van der Waals surface area (Å²) in [6.07, 6.45) is 7.29. The van der Waals surface area contributed by atoms with Crippen LogP contribution in [-0.2, 0) is 24.0 Å². The van der Waals surface area contributed by atoms with Crippen LogP contribution in [0.25, 0.3) is 0 Å². The molecule has 1 unspecified atom stereocenters. The van der Waals surface area contributed by atoms with E-state index < -0.39 is 9.84 Å². The number of sulfone groups is 1. The lowest BCUT2D eigenvalue weighted by Gasteiger charge is -2.35. The minimum atomic E-state index is -2.97. The molecule has 8 nitrogen and oxygen atoms in total. The van der Waals surface area contributed by atoms with Crippen molar-refractivity contribution < 1.29 is 22.6 Å². The van der Waals surface area contributed by atoms with Crippen molar-refractivity contribution in [3.8, 4) is 0 Å². The SMILES string of the molecule is CCNC(=NCCOCCS(C)(=O)=O)N1CCC(OCC2CCCCO2)CC1.I. The molecule has 2 heterocycles. The van der Waals surface area contributed by atoms with Gasteiger partial charge in [0.25, 0.3) is 0 Å². The largest absolute Gasteiger partial charge is 0.378 e. The number of guanidine groups is 1. The molecule has 0 bridgehead atoms. The number of nitrogens with one attached hydrogen (secondary N) is 1. The Hall–Kier alpha value is -0.170. The lowest BCUT2D eigenvalue weighted by molar-refractivity contribution is -0.0721. The molecule has 2 aliphatic rings. The third kappa shape index (κ3) is 11.7. The van der Waals surface area contributed by atoms with Crippen LogP contribution in [-0.4, -0.2) is 96.1 Å². The molecule has 2 saturated heterocycles. The van der Waals surface area contributed by atoms with Crippen LogP contribution < -0.4 is 5.32 Å². The fourth-order valence-electron chi connectivity index (χ4n) is 3.37. The van der Waals surface area contributed by atoms with E-state index in [0.717, 1.165) is 51.5 Å². The van der Waals surface area contributed by atoms with E-state index in [0.29, 0.717) is 25.9 Å². The maximum Gasteiger partial charge on any atom is 0.193 e. The first-order chi connectivity index (χ1) is 13.5. The van der Waals surface area contributed by atoms with Gasteiger partial charge >= 0.3 is 0 Å². The van der Waals surface area contributed by atoms with Crippen LogP contribution in [0.5, 0.6) is 0 Å². The average molecular weight is 548 g/mol. The van der Waals surface area contributed by atoms with Gasteiger partial charge in [-0.25, -0.2) is 8.42 Å². The van der Waals surface area contributed by atoms with Crippen LogP contribution in [0.4, 0.5) is 0 Å². The zero-order valence-electron chi connectivity index (χ0n) is 17.8. The molecule has 0 spiro atoms. The predicted molar refractivity (Wildman–Crippen MR) is 126 cm³/mol. The van der Waals surface area contributed by atoms with Gasteiger partial charge in [-0.2, -0.15) is 0 Å². The van der Waals surface area contributed by atoms with Crippen molar-refractivity contribution in [3.05, 3.63) is 0 Å². The molecule has 2 aliphatic heterocycles. The second kappa shape index (κ2) is 14.8. The average Bonchev–Trinajstić information content (AvgIpc) is 2.68. The Labute approximate surface area is 193 Å². The summed E-state index contributed by atoms with van der Waals surface area (Å²) < 4.78 is 39.4. The Bertz CT molecular complexity index is 562. The summed E-state index contributed by atoms with van der Waals surface area (Å²) in [7, 11) is -2.97. The van der Waals surface area contributed by atoms with Gasteiger partial charge in [-0.1, -0.05) is 0 Å². The Balaban J connectivity index is 0.00000420. The molecule has 0 amide bonds. The van der Waals surface area contributed by atoms with Gasteiger partial charge in [-0.3, -0.25) is 4.99 Å². The molecule has 1 N–H and O–H groups in total. The Morgan fingerprint density at radius 2 is 1.97 bits per heavy atom. The molecule has 172 valence electrons. The molecule has 0 radical (unpaired) electrons. The molecule has 0 aromatic rings. The fraction of sp³-hybridized carbons (Fsp3) is 0.947. The molecular formula is C19H38IN3O5S. The van der Waals surface area contributed by atoms with Gasteiger partial charge in [0.15, 0.2) is 5.96 Å². The third-order valence-corrected chi connectivity index (χ3v) is 5.87. The van der Waals surface area contributed by atoms with E-state index in [1.807, 2.05) is 0 Å². The number of nitrogens with zero attached hydrogens (tertiary/aromatic N) is 2. The van der Waals surface area contributed by atoms with Gasteiger partial charge in [0.1, 0.15) is 9.84 Å². The van der Waals surface area contributed by atoms with Crippen LogP contribution in [0, 0.1) is 0 Å². The summed E-state index contributed by atoms with van der Waals surface area (Å²) in [6.45, 7) is 7.43. The highest BCUT2D eigenvalue weighted by atomic mass is 127. The summed E-state index contributed by atoms with van der Waals surface area (Å²) in [5.74, 6) is 0.944. The first-order valence-corrected chi connectivity index (χ1v) is 12.6. The van der Waals surface area contributed by atoms with Crippen molar-refractivity contribution in [1.29, 1.82) is 0 Å². The molecule has 0 saturated carbocycles. The lowest BCUT2D eigenvalue weighted by atomic mass is 10.1. The van der Waals surface area contributed by atoms with Gasteiger partial charge < -0.3 is 24.4 Å². The van der Waals surface area contributed by atoms with Crippen LogP contribution in [0.2, 0.25) is 0 Å². The molecule has 0 aromatic carbocycles. The number of aliphatic imine (C=N–C) groups is 1. The lowest BCUT2D eigenvalue weighted by Crippen LogP contribution is -2.47. The summed E-state index contributed by atoms with van der Waals surface area (Å²) in [5.41, 5.74) is 0. The second-order valence-electron chi connectivity index (χ2n) is 7.49. The number of ether oxygens (including phenoxy) is 3. The van der Waals surface area contributed by atoms with Crippen LogP contribution in [0.1, 0.15) is 39.0 Å². The maximum absolute atomic E-state index is 11.1. The first kappa shape index (κ1) is 26.9. The van der Waals surface area contributed by atoms with Crippen molar-refractivity contribution in [2.45, 2.75) is 51.2 Å². The van der Waals surface area contributed by atoms with Crippen LogP contribution in [0.3, 0.4) is 0 Å². The number of likely N-dealkylation sites (tertiary alicyclic amines) is 1. The van der Waals surface area contributed by atoms with E-state index in [1.54, 1.807) is 0 Å². The monoisotopic (exact) mass is 547 g/mol. The van der Waals surface area contributed by atoms with Gasteiger partial charge in [-0.05, 0) is 39.0 Å². The second-order valence-corrected chi connectivity index (χ2v) is 9.75. The van der Waals surface area contributed by atoms with Gasteiger partial charge in [0, 0.05) is 32.5 Å². The number of rotatable bonds is 10. The topological polar surface area (TPSA) is 89.5 Å². The van der Waals surface area contributed by atoms with Crippen molar-refractivity contribution >= 4 is 39.8 Å². The quantitative estimate of drug-likeness (QED) is 0.193. The first-order valence-electron chi connectivity index (χ1n) is 10.5. The van der Waals surface area contributed by atoms with Gasteiger partial charge in [-0.15, -0.1) is 24.0 Å². The van der Waals surface area contributed by atoms with Crippen molar-refractivity contribution in [3.63, 3.8) is 0 Å². The van der Waals surface area contributed by atoms with Crippen molar-refractivity contribution in [2.24, 2.45) is 4.99 Å². The highest BCUT2D eigenvalue weighted by Gasteiger charge is 2.23. The molecule has 1 atom stereocenters. The van der Waals surface area contributed by atoms with E-state index in [1.165, 1.54) is 19.1 Å². The van der Waals surface area contributed by atoms with E-state index in [2.05, 4.69) is 22.1 Å². The third-order valence-electron chi connectivity index (χ3n) is 4.96. The number of hydrogen-bond acceptors (Lipinski definition) is 6. The van der Waals surface area contributed by atoms with Crippen LogP contribution in [0.15, 0.2) is 4.99 Å². The summed E-state index contributed by atoms with van der Waals surface area (Å²) in [4.78, 5) is 6.87. The fourth-order valence-corrected chi connectivity index (χ4v) is 3.79. The Kier molecular flexibility index (Phi) is 13.7. The number of piperidine rings is 1. The molecule has 2 rings (SSSR count). The summed E-state index contributed by atoms with van der Waals surface area (Å²) in [6, 6.07) is 0. The minimum absolute atomic E-state index is 0. The predicted octanol–water partition coefficient (Wildman–Crippen LogP) is 1.68. The normalized spacial score (nSPS) is 21.7. The summed E-state index contributed by atoms with van der Waals surface area (Å²) in [5, 5.41) is 3.33. The smallest absolute Gasteiger partial charge is 0.193 e. The van der Waals surface area contributed by atoms with E-state index in [9.17, 15) is 8.42 Å². The minimum Gasteiger partial charge on any atom is -0.378 e. The molecular weight excluding hydrogens is 509 g/mol. The summed E-state index contributed by atoms with van der Waals surface area (Å²) >= 11 is 0.